The van der Waals surface area contributed by atoms with E-state index in [2.05, 4.69) is 10.2 Å². The number of rotatable bonds is 2. The third-order valence-corrected chi connectivity index (χ3v) is 2.68. The Hall–Kier alpha value is -1.95. The number of carbonyl (C=O) groups excluding carboxylic acids is 1. The van der Waals surface area contributed by atoms with Crippen LogP contribution in [0, 0.1) is 4.77 Å². The van der Waals surface area contributed by atoms with Gasteiger partial charge in [-0.3, -0.25) is 9.89 Å². The molecule has 1 heterocycles. The van der Waals surface area contributed by atoms with Gasteiger partial charge in [-0.1, -0.05) is 18.2 Å². The van der Waals surface area contributed by atoms with Gasteiger partial charge in [-0.2, -0.15) is 5.10 Å². The molecule has 6 heteroatoms. The van der Waals surface area contributed by atoms with Gasteiger partial charge in [0.15, 0.2) is 10.6 Å². The number of carbonyl (C=O) groups is 1. The minimum absolute atomic E-state index is 0.430. The Morgan fingerprint density at radius 2 is 2.19 bits per heavy atom. The van der Waals surface area contributed by atoms with E-state index >= 15 is 0 Å². The van der Waals surface area contributed by atoms with Crippen molar-refractivity contribution in [3.63, 3.8) is 0 Å². The molecule has 0 aliphatic carbocycles. The molecule has 1 aromatic heterocycles. The van der Waals surface area contributed by atoms with Gasteiger partial charge in [0.25, 0.3) is 0 Å². The number of benzene rings is 1. The van der Waals surface area contributed by atoms with Crippen molar-refractivity contribution in [3.8, 4) is 11.4 Å². The largest absolute Gasteiger partial charge is 0.366 e. The van der Waals surface area contributed by atoms with Crippen LogP contribution < -0.4 is 5.73 Å². The predicted octanol–water partition coefficient (Wildman–Crippen LogP) is 1.24. The van der Waals surface area contributed by atoms with Gasteiger partial charge in [0.05, 0.1) is 5.56 Å². The Labute approximate surface area is 96.9 Å². The van der Waals surface area contributed by atoms with Crippen LogP contribution in [-0.2, 0) is 7.05 Å². The Morgan fingerprint density at radius 3 is 2.75 bits per heavy atom. The monoisotopic (exact) mass is 234 g/mol. The number of aromatic nitrogens is 3. The molecule has 0 aliphatic rings. The summed E-state index contributed by atoms with van der Waals surface area (Å²) in [5.41, 5.74) is 6.40. The Kier molecular flexibility index (Phi) is 2.57. The van der Waals surface area contributed by atoms with E-state index in [-0.39, 0.29) is 0 Å². The third-order valence-electron chi connectivity index (χ3n) is 2.31. The molecule has 82 valence electrons. The molecule has 0 radical (unpaired) electrons. The van der Waals surface area contributed by atoms with Crippen LogP contribution in [-0.4, -0.2) is 20.7 Å². The highest BCUT2D eigenvalue weighted by Gasteiger charge is 2.13. The lowest BCUT2D eigenvalue weighted by molar-refractivity contribution is 0.100. The van der Waals surface area contributed by atoms with E-state index in [1.54, 1.807) is 29.8 Å². The minimum atomic E-state index is -0.482. The van der Waals surface area contributed by atoms with Crippen LogP contribution in [0.4, 0.5) is 0 Å². The lowest BCUT2D eigenvalue weighted by atomic mass is 10.1. The zero-order valence-electron chi connectivity index (χ0n) is 8.60. The van der Waals surface area contributed by atoms with Crippen molar-refractivity contribution in [2.75, 3.05) is 0 Å². The Morgan fingerprint density at radius 1 is 1.50 bits per heavy atom. The summed E-state index contributed by atoms with van der Waals surface area (Å²) in [4.78, 5) is 11.3. The zero-order valence-corrected chi connectivity index (χ0v) is 9.41. The van der Waals surface area contributed by atoms with E-state index in [4.69, 9.17) is 18.0 Å². The molecule has 0 bridgehead atoms. The molecule has 0 spiro atoms. The van der Waals surface area contributed by atoms with Crippen molar-refractivity contribution in [1.82, 2.24) is 14.8 Å². The van der Waals surface area contributed by atoms with Crippen molar-refractivity contribution in [1.29, 1.82) is 0 Å². The molecule has 5 nitrogen and oxygen atoms in total. The van der Waals surface area contributed by atoms with Crippen LogP contribution in [0.3, 0.4) is 0 Å². The third kappa shape index (κ3) is 1.63. The second-order valence-electron chi connectivity index (χ2n) is 3.32. The number of amides is 1. The van der Waals surface area contributed by atoms with Crippen LogP contribution in [0.15, 0.2) is 24.3 Å². The van der Waals surface area contributed by atoms with Crippen LogP contribution >= 0.6 is 12.2 Å². The average molecular weight is 234 g/mol. The summed E-state index contributed by atoms with van der Waals surface area (Å²) in [5.74, 6) is 0.115. The van der Waals surface area contributed by atoms with E-state index in [1.165, 1.54) is 0 Å². The molecule has 0 unspecified atom stereocenters. The first kappa shape index (κ1) is 10.6. The fraction of sp³-hybridized carbons (Fsp3) is 0.100. The number of H-pyrrole nitrogens is 1. The van der Waals surface area contributed by atoms with Crippen LogP contribution in [0.25, 0.3) is 11.4 Å². The first-order chi connectivity index (χ1) is 7.61. The lowest BCUT2D eigenvalue weighted by Gasteiger charge is -2.04. The molecule has 16 heavy (non-hydrogen) atoms. The summed E-state index contributed by atoms with van der Waals surface area (Å²) < 4.78 is 2.19. The molecule has 0 fully saturated rings. The van der Waals surface area contributed by atoms with Gasteiger partial charge < -0.3 is 10.3 Å². The average Bonchev–Trinajstić information content (AvgIpc) is 2.60. The number of nitrogens with two attached hydrogens (primary N) is 1. The molecule has 0 saturated carbocycles. The smallest absolute Gasteiger partial charge is 0.249 e. The second kappa shape index (κ2) is 3.90. The summed E-state index contributed by atoms with van der Waals surface area (Å²) in [6, 6.07) is 7.02. The molecule has 2 rings (SSSR count). The Bertz CT molecular complexity index is 599. The molecule has 0 saturated heterocycles. The lowest BCUT2D eigenvalue weighted by Crippen LogP contribution is -2.13. The molecule has 3 N–H and O–H groups in total. The Balaban J connectivity index is 2.69. The van der Waals surface area contributed by atoms with Gasteiger partial charge in [0, 0.05) is 12.6 Å². The van der Waals surface area contributed by atoms with Crippen molar-refractivity contribution in [2.24, 2.45) is 12.8 Å². The van der Waals surface area contributed by atoms with E-state index < -0.39 is 5.91 Å². The van der Waals surface area contributed by atoms with Crippen molar-refractivity contribution < 1.29 is 4.79 Å². The number of hydrogen-bond acceptors (Lipinski definition) is 3. The van der Waals surface area contributed by atoms with Crippen LogP contribution in [0.1, 0.15) is 10.4 Å². The van der Waals surface area contributed by atoms with Crippen LogP contribution in [0.2, 0.25) is 0 Å². The highest BCUT2D eigenvalue weighted by atomic mass is 32.1. The molecule has 0 aliphatic heterocycles. The highest BCUT2D eigenvalue weighted by molar-refractivity contribution is 7.71. The highest BCUT2D eigenvalue weighted by Crippen LogP contribution is 2.20. The van der Waals surface area contributed by atoms with Crippen molar-refractivity contribution >= 4 is 18.1 Å². The second-order valence-corrected chi connectivity index (χ2v) is 3.71. The number of primary amides is 1. The number of hydrogen-bond donors (Lipinski definition) is 2. The topological polar surface area (TPSA) is 76.7 Å². The molecule has 1 amide bonds. The summed E-state index contributed by atoms with van der Waals surface area (Å²) in [5, 5.41) is 6.73. The standard InChI is InChI=1S/C10H10N4OS/c1-14-9(12-13-10(14)16)7-5-3-2-4-6(7)8(11)15/h2-5H,1H3,(H2,11,15)(H,13,16). The fourth-order valence-corrected chi connectivity index (χ4v) is 1.61. The van der Waals surface area contributed by atoms with E-state index in [0.717, 1.165) is 0 Å². The normalized spacial score (nSPS) is 10.3. The number of nitrogens with zero attached hydrogens (tertiary/aromatic N) is 2. The maximum atomic E-state index is 11.3. The first-order valence-electron chi connectivity index (χ1n) is 4.62. The number of nitrogens with one attached hydrogen (secondary N) is 1. The summed E-state index contributed by atoms with van der Waals surface area (Å²) in [6.45, 7) is 0. The molecule has 1 aromatic carbocycles. The zero-order chi connectivity index (χ0) is 11.7. The van der Waals surface area contributed by atoms with E-state index in [0.29, 0.717) is 21.7 Å². The van der Waals surface area contributed by atoms with Crippen molar-refractivity contribution in [2.45, 2.75) is 0 Å². The quantitative estimate of drug-likeness (QED) is 0.767. The minimum Gasteiger partial charge on any atom is -0.366 e. The summed E-state index contributed by atoms with van der Waals surface area (Å²) in [6.07, 6.45) is 0. The van der Waals surface area contributed by atoms with E-state index in [1.807, 2.05) is 6.07 Å². The van der Waals surface area contributed by atoms with Crippen molar-refractivity contribution in [3.05, 3.63) is 34.6 Å². The molecular formula is C10H10N4OS. The van der Waals surface area contributed by atoms with Gasteiger partial charge in [0.2, 0.25) is 5.91 Å². The predicted molar refractivity (Wildman–Crippen MR) is 62.3 cm³/mol. The van der Waals surface area contributed by atoms with Gasteiger partial charge in [-0.05, 0) is 18.3 Å². The van der Waals surface area contributed by atoms with E-state index in [9.17, 15) is 4.79 Å². The summed E-state index contributed by atoms with van der Waals surface area (Å²) in [7, 11) is 1.78. The van der Waals surface area contributed by atoms with Crippen LogP contribution in [0.5, 0.6) is 0 Å². The maximum Gasteiger partial charge on any atom is 0.249 e. The molecule has 2 aromatic rings. The van der Waals surface area contributed by atoms with Gasteiger partial charge >= 0.3 is 0 Å². The first-order valence-corrected chi connectivity index (χ1v) is 5.02. The number of aromatic amines is 1. The fourth-order valence-electron chi connectivity index (χ4n) is 1.48. The summed E-state index contributed by atoms with van der Waals surface area (Å²) >= 11 is 5.01. The molecule has 0 atom stereocenters. The van der Waals surface area contributed by atoms with Gasteiger partial charge in [0.1, 0.15) is 0 Å². The SMILES string of the molecule is Cn1c(-c2ccccc2C(N)=O)n[nH]c1=S. The molecular weight excluding hydrogens is 224 g/mol. The maximum absolute atomic E-state index is 11.3. The van der Waals surface area contributed by atoms with Gasteiger partial charge in [-0.25, -0.2) is 0 Å². The van der Waals surface area contributed by atoms with Gasteiger partial charge in [-0.15, -0.1) is 0 Å².